The van der Waals surface area contributed by atoms with Gasteiger partial charge in [-0.15, -0.1) is 22.7 Å². The molecule has 0 saturated carbocycles. The molecule has 0 atom stereocenters. The molecular formula is C23H28N4O4S2. The first-order valence-corrected chi connectivity index (χ1v) is 12.9. The molecule has 8 nitrogen and oxygen atoms in total. The van der Waals surface area contributed by atoms with Crippen LogP contribution in [0.15, 0.2) is 22.0 Å². The lowest BCUT2D eigenvalue weighted by molar-refractivity contribution is -0.116. The van der Waals surface area contributed by atoms with Crippen LogP contribution in [0.25, 0.3) is 10.7 Å². The van der Waals surface area contributed by atoms with Crippen molar-refractivity contribution < 1.29 is 18.8 Å². The summed E-state index contributed by atoms with van der Waals surface area (Å²) in [6.45, 7) is 1.14. The zero-order valence-electron chi connectivity index (χ0n) is 18.6. The molecule has 0 aliphatic heterocycles. The number of nitrogens with zero attached hydrogens (tertiary/aromatic N) is 2. The highest BCUT2D eigenvalue weighted by Crippen LogP contribution is 2.38. The number of rotatable bonds is 11. The molecule has 0 aromatic carbocycles. The summed E-state index contributed by atoms with van der Waals surface area (Å²) in [6, 6.07) is 3.88. The number of fused-ring (bicyclic) bond motifs is 1. The van der Waals surface area contributed by atoms with E-state index < -0.39 is 0 Å². The average molecular weight is 489 g/mol. The Morgan fingerprint density at radius 1 is 1.24 bits per heavy atom. The van der Waals surface area contributed by atoms with Gasteiger partial charge in [0.25, 0.3) is 5.91 Å². The van der Waals surface area contributed by atoms with Gasteiger partial charge in [0.15, 0.2) is 0 Å². The number of amides is 2. The number of aryl methyl sites for hydroxylation is 2. The van der Waals surface area contributed by atoms with E-state index in [-0.39, 0.29) is 11.8 Å². The first kappa shape index (κ1) is 23.6. The molecule has 33 heavy (non-hydrogen) atoms. The molecule has 3 aromatic rings. The molecule has 0 unspecified atom stereocenters. The topological polar surface area (TPSA) is 106 Å². The van der Waals surface area contributed by atoms with E-state index in [1.54, 1.807) is 18.4 Å². The monoisotopic (exact) mass is 488 g/mol. The molecule has 1 aliphatic rings. The SMILES string of the molecule is COCCCNC(=O)c1c(NC(=O)CCCc2nc(-c3cccs3)no2)sc2c1CCCC2. The maximum Gasteiger partial charge on any atom is 0.254 e. The zero-order chi connectivity index (χ0) is 23.0. The molecule has 176 valence electrons. The summed E-state index contributed by atoms with van der Waals surface area (Å²) in [4.78, 5) is 32.1. The van der Waals surface area contributed by atoms with E-state index in [0.717, 1.165) is 42.5 Å². The van der Waals surface area contributed by atoms with E-state index in [1.807, 2.05) is 17.5 Å². The number of methoxy groups -OCH3 is 1. The number of aromatic nitrogens is 2. The van der Waals surface area contributed by atoms with E-state index in [1.165, 1.54) is 16.2 Å². The zero-order valence-corrected chi connectivity index (χ0v) is 20.3. The van der Waals surface area contributed by atoms with Gasteiger partial charge in [-0.1, -0.05) is 11.2 Å². The maximum absolute atomic E-state index is 12.9. The molecule has 3 aromatic heterocycles. The van der Waals surface area contributed by atoms with Crippen molar-refractivity contribution in [2.45, 2.75) is 51.4 Å². The minimum Gasteiger partial charge on any atom is -0.385 e. The van der Waals surface area contributed by atoms with E-state index in [4.69, 9.17) is 9.26 Å². The van der Waals surface area contributed by atoms with Crippen LogP contribution in [0.2, 0.25) is 0 Å². The van der Waals surface area contributed by atoms with E-state index in [0.29, 0.717) is 54.7 Å². The summed E-state index contributed by atoms with van der Waals surface area (Å²) in [7, 11) is 1.64. The number of ether oxygens (including phenoxy) is 1. The first-order valence-electron chi connectivity index (χ1n) is 11.2. The Labute approximate surface area is 200 Å². The van der Waals surface area contributed by atoms with Crippen LogP contribution in [-0.2, 0) is 28.8 Å². The van der Waals surface area contributed by atoms with Gasteiger partial charge >= 0.3 is 0 Å². The number of carbonyl (C=O) groups excluding carboxylic acids is 2. The van der Waals surface area contributed by atoms with Crippen molar-refractivity contribution in [2.75, 3.05) is 25.6 Å². The molecule has 0 spiro atoms. The van der Waals surface area contributed by atoms with Crippen LogP contribution < -0.4 is 10.6 Å². The van der Waals surface area contributed by atoms with Crippen LogP contribution >= 0.6 is 22.7 Å². The smallest absolute Gasteiger partial charge is 0.254 e. The molecule has 0 fully saturated rings. The Bertz CT molecular complexity index is 1070. The number of hydrogen-bond donors (Lipinski definition) is 2. The van der Waals surface area contributed by atoms with Crippen LogP contribution in [0.4, 0.5) is 5.00 Å². The molecule has 0 radical (unpaired) electrons. The Morgan fingerprint density at radius 3 is 2.94 bits per heavy atom. The fourth-order valence-corrected chi connectivity index (χ4v) is 5.80. The second-order valence-electron chi connectivity index (χ2n) is 7.91. The molecule has 0 bridgehead atoms. The van der Waals surface area contributed by atoms with Crippen molar-refractivity contribution in [1.82, 2.24) is 15.5 Å². The standard InChI is InChI=1S/C23H28N4O4S2/c1-30-13-6-12-24-22(29)20-15-7-2-3-8-16(15)33-23(20)25-18(28)10-4-11-19-26-21(27-31-19)17-9-5-14-32-17/h5,9,14H,2-4,6-8,10-13H2,1H3,(H,24,29)(H,25,28). The normalized spacial score (nSPS) is 13.0. The van der Waals surface area contributed by atoms with Crippen LogP contribution in [0.1, 0.15) is 58.8 Å². The first-order chi connectivity index (χ1) is 16.2. The number of hydrogen-bond acceptors (Lipinski definition) is 8. The number of carbonyl (C=O) groups is 2. The second kappa shape index (κ2) is 11.5. The summed E-state index contributed by atoms with van der Waals surface area (Å²) < 4.78 is 10.4. The van der Waals surface area contributed by atoms with Crippen LogP contribution in [0.3, 0.4) is 0 Å². The third kappa shape index (κ3) is 6.07. The number of thiophene rings is 2. The van der Waals surface area contributed by atoms with E-state index in [2.05, 4.69) is 20.8 Å². The Kier molecular flexibility index (Phi) is 8.25. The molecular weight excluding hydrogens is 460 g/mol. The third-order valence-corrected chi connectivity index (χ3v) is 7.54. The molecule has 3 heterocycles. The fourth-order valence-electron chi connectivity index (χ4n) is 3.85. The van der Waals surface area contributed by atoms with Gasteiger partial charge in [-0.25, -0.2) is 0 Å². The van der Waals surface area contributed by atoms with Gasteiger partial charge in [0.1, 0.15) is 5.00 Å². The summed E-state index contributed by atoms with van der Waals surface area (Å²) in [5.74, 6) is 0.872. The maximum atomic E-state index is 12.9. The summed E-state index contributed by atoms with van der Waals surface area (Å²) in [6.07, 6.45) is 6.21. The van der Waals surface area contributed by atoms with Gasteiger partial charge < -0.3 is 19.9 Å². The van der Waals surface area contributed by atoms with Crippen LogP contribution in [0, 0.1) is 0 Å². The molecule has 2 N–H and O–H groups in total. The molecule has 10 heteroatoms. The van der Waals surface area contributed by atoms with Crippen molar-refractivity contribution in [1.29, 1.82) is 0 Å². The van der Waals surface area contributed by atoms with Crippen molar-refractivity contribution >= 4 is 39.5 Å². The van der Waals surface area contributed by atoms with Crippen molar-refractivity contribution in [3.05, 3.63) is 39.4 Å². The molecule has 4 rings (SSSR count). The predicted molar refractivity (Wildman–Crippen MR) is 129 cm³/mol. The summed E-state index contributed by atoms with van der Waals surface area (Å²) in [5, 5.41) is 12.6. The fraction of sp³-hybridized carbons (Fsp3) is 0.478. The highest BCUT2D eigenvalue weighted by molar-refractivity contribution is 7.17. The van der Waals surface area contributed by atoms with Crippen LogP contribution in [0.5, 0.6) is 0 Å². The van der Waals surface area contributed by atoms with E-state index >= 15 is 0 Å². The lowest BCUT2D eigenvalue weighted by Gasteiger charge is -2.13. The summed E-state index contributed by atoms with van der Waals surface area (Å²) in [5.41, 5.74) is 1.73. The van der Waals surface area contributed by atoms with E-state index in [9.17, 15) is 9.59 Å². The second-order valence-corrected chi connectivity index (χ2v) is 9.96. The van der Waals surface area contributed by atoms with Gasteiger partial charge in [-0.3, -0.25) is 9.59 Å². The van der Waals surface area contributed by atoms with Gasteiger partial charge in [-0.2, -0.15) is 4.98 Å². The Balaban J connectivity index is 1.34. The lowest BCUT2D eigenvalue weighted by atomic mass is 9.95. The quantitative estimate of drug-likeness (QED) is 0.386. The predicted octanol–water partition coefficient (Wildman–Crippen LogP) is 4.47. The van der Waals surface area contributed by atoms with Gasteiger partial charge in [-0.05, 0) is 55.5 Å². The van der Waals surface area contributed by atoms with Crippen LogP contribution in [-0.4, -0.2) is 42.2 Å². The lowest BCUT2D eigenvalue weighted by Crippen LogP contribution is -2.27. The third-order valence-electron chi connectivity index (χ3n) is 5.47. The molecule has 1 aliphatic carbocycles. The number of anilines is 1. The number of nitrogens with one attached hydrogen (secondary N) is 2. The average Bonchev–Trinajstić information content (AvgIpc) is 3.55. The van der Waals surface area contributed by atoms with Crippen molar-refractivity contribution in [3.63, 3.8) is 0 Å². The van der Waals surface area contributed by atoms with Gasteiger partial charge in [0.2, 0.25) is 17.6 Å². The Morgan fingerprint density at radius 2 is 2.12 bits per heavy atom. The minimum absolute atomic E-state index is 0.111. The van der Waals surface area contributed by atoms with Crippen molar-refractivity contribution in [3.8, 4) is 10.7 Å². The summed E-state index contributed by atoms with van der Waals surface area (Å²) >= 11 is 3.09. The molecule has 2 amide bonds. The highest BCUT2D eigenvalue weighted by Gasteiger charge is 2.26. The largest absolute Gasteiger partial charge is 0.385 e. The molecule has 0 saturated heterocycles. The Hall–Kier alpha value is -2.56. The van der Waals surface area contributed by atoms with Gasteiger partial charge in [0.05, 0.1) is 10.4 Å². The van der Waals surface area contributed by atoms with Crippen molar-refractivity contribution in [2.24, 2.45) is 0 Å². The highest BCUT2D eigenvalue weighted by atomic mass is 32.1. The minimum atomic E-state index is -0.118. The van der Waals surface area contributed by atoms with Gasteiger partial charge in [0, 0.05) is 38.0 Å².